The smallest absolute Gasteiger partial charge is 0.352 e. The zero-order chi connectivity index (χ0) is 16.3. The van der Waals surface area contributed by atoms with Gasteiger partial charge >= 0.3 is 6.18 Å². The van der Waals surface area contributed by atoms with Gasteiger partial charge in [0.05, 0.1) is 5.56 Å². The number of amidine groups is 1. The van der Waals surface area contributed by atoms with Gasteiger partial charge in [0.2, 0.25) is 11.8 Å². The van der Waals surface area contributed by atoms with Gasteiger partial charge in [0.1, 0.15) is 5.25 Å². The third-order valence-electron chi connectivity index (χ3n) is 2.93. The molecule has 1 atom stereocenters. The number of hydrogen-bond donors (Lipinski definition) is 3. The van der Waals surface area contributed by atoms with Crippen molar-refractivity contribution in [3.63, 3.8) is 0 Å². The lowest BCUT2D eigenvalue weighted by Crippen LogP contribution is -2.30. The lowest BCUT2D eigenvalue weighted by molar-refractivity contribution is -0.137. The molecule has 0 aliphatic carbocycles. The van der Waals surface area contributed by atoms with Crippen molar-refractivity contribution in [2.45, 2.75) is 24.4 Å². The van der Waals surface area contributed by atoms with Crippen molar-refractivity contribution in [3.05, 3.63) is 35.4 Å². The van der Waals surface area contributed by atoms with E-state index in [-0.39, 0.29) is 24.0 Å². The average molecular weight is 331 g/mol. The van der Waals surface area contributed by atoms with Crippen LogP contribution in [0.2, 0.25) is 0 Å². The fourth-order valence-corrected chi connectivity index (χ4v) is 2.65. The van der Waals surface area contributed by atoms with Crippen LogP contribution in [0.15, 0.2) is 24.3 Å². The van der Waals surface area contributed by atoms with E-state index >= 15 is 0 Å². The highest BCUT2D eigenvalue weighted by Gasteiger charge is 2.31. The monoisotopic (exact) mass is 331 g/mol. The Labute approximate surface area is 128 Å². The Morgan fingerprint density at radius 3 is 2.45 bits per heavy atom. The summed E-state index contributed by atoms with van der Waals surface area (Å²) in [4.78, 5) is 23.1. The fraction of sp³-hybridized carbons (Fsp3) is 0.308. The molecule has 118 valence electrons. The number of halogens is 3. The summed E-state index contributed by atoms with van der Waals surface area (Å²) < 4.78 is 37.2. The van der Waals surface area contributed by atoms with Crippen LogP contribution in [0.5, 0.6) is 0 Å². The second-order valence-electron chi connectivity index (χ2n) is 4.60. The minimum Gasteiger partial charge on any atom is -0.352 e. The van der Waals surface area contributed by atoms with Gasteiger partial charge in [-0.05, 0) is 17.7 Å². The van der Waals surface area contributed by atoms with Gasteiger partial charge in [0, 0.05) is 13.0 Å². The molecule has 22 heavy (non-hydrogen) atoms. The Balaban J connectivity index is 1.84. The van der Waals surface area contributed by atoms with Crippen LogP contribution in [0, 0.1) is 5.41 Å². The SMILES string of the molecule is N=C1NC(=O)C(CC(=O)NCc2ccc(C(F)(F)F)cc2)S1. The zero-order valence-corrected chi connectivity index (χ0v) is 12.0. The summed E-state index contributed by atoms with van der Waals surface area (Å²) in [6.45, 7) is 0.0768. The molecule has 1 aromatic rings. The van der Waals surface area contributed by atoms with Crippen LogP contribution in [-0.4, -0.2) is 22.2 Å². The number of amides is 2. The van der Waals surface area contributed by atoms with Crippen LogP contribution in [0.4, 0.5) is 13.2 Å². The molecule has 0 saturated carbocycles. The predicted octanol–water partition coefficient (Wildman–Crippen LogP) is 1.88. The van der Waals surface area contributed by atoms with E-state index in [1.54, 1.807) is 0 Å². The van der Waals surface area contributed by atoms with Gasteiger partial charge in [-0.15, -0.1) is 0 Å². The number of alkyl halides is 3. The zero-order valence-electron chi connectivity index (χ0n) is 11.2. The van der Waals surface area contributed by atoms with Crippen molar-refractivity contribution < 1.29 is 22.8 Å². The molecular formula is C13H12F3N3O2S. The Bertz CT molecular complexity index is 602. The summed E-state index contributed by atoms with van der Waals surface area (Å²) in [5.74, 6) is -0.790. The molecule has 0 spiro atoms. The maximum Gasteiger partial charge on any atom is 0.416 e. The number of carbonyl (C=O) groups is 2. The standard InChI is InChI=1S/C13H12F3N3O2S/c14-13(15,16)8-3-1-7(2-4-8)6-18-10(20)5-9-11(21)19-12(17)22-9/h1-4,9H,5-6H2,(H,18,20)(H2,17,19,21). The van der Waals surface area contributed by atoms with E-state index in [0.717, 1.165) is 23.9 Å². The van der Waals surface area contributed by atoms with E-state index in [0.29, 0.717) is 5.56 Å². The van der Waals surface area contributed by atoms with Gasteiger partial charge in [-0.25, -0.2) is 0 Å². The normalized spacial score (nSPS) is 18.2. The molecule has 1 fully saturated rings. The van der Waals surface area contributed by atoms with Gasteiger partial charge in [-0.1, -0.05) is 23.9 Å². The molecule has 3 N–H and O–H groups in total. The van der Waals surface area contributed by atoms with E-state index in [1.165, 1.54) is 12.1 Å². The Kier molecular flexibility index (Phi) is 4.74. The molecule has 0 bridgehead atoms. The highest BCUT2D eigenvalue weighted by Crippen LogP contribution is 2.29. The average Bonchev–Trinajstić information content (AvgIpc) is 2.74. The van der Waals surface area contributed by atoms with Crippen LogP contribution < -0.4 is 10.6 Å². The second kappa shape index (κ2) is 6.39. The third-order valence-corrected chi connectivity index (χ3v) is 3.93. The summed E-state index contributed by atoms with van der Waals surface area (Å²) >= 11 is 0.965. The summed E-state index contributed by atoms with van der Waals surface area (Å²) in [6, 6.07) is 4.47. The molecular weight excluding hydrogens is 319 g/mol. The lowest BCUT2D eigenvalue weighted by Gasteiger charge is -2.09. The molecule has 5 nitrogen and oxygen atoms in total. The molecule has 9 heteroatoms. The molecule has 0 aromatic heterocycles. The van der Waals surface area contributed by atoms with Crippen LogP contribution >= 0.6 is 11.8 Å². The minimum absolute atomic E-state index is 0.00513. The van der Waals surface area contributed by atoms with Gasteiger partial charge in [0.25, 0.3) is 0 Å². The number of rotatable bonds is 4. The van der Waals surface area contributed by atoms with Crippen LogP contribution in [0.25, 0.3) is 0 Å². The fourth-order valence-electron chi connectivity index (χ4n) is 1.80. The molecule has 0 radical (unpaired) electrons. The maximum absolute atomic E-state index is 12.4. The molecule has 1 unspecified atom stereocenters. The first-order valence-corrected chi connectivity index (χ1v) is 7.12. The van der Waals surface area contributed by atoms with Crippen molar-refractivity contribution in [2.75, 3.05) is 0 Å². The Hall–Kier alpha value is -2.03. The second-order valence-corrected chi connectivity index (χ2v) is 5.81. The number of carbonyl (C=O) groups excluding carboxylic acids is 2. The van der Waals surface area contributed by atoms with Gasteiger partial charge in [-0.3, -0.25) is 15.0 Å². The van der Waals surface area contributed by atoms with Crippen molar-refractivity contribution in [2.24, 2.45) is 0 Å². The number of thioether (sulfide) groups is 1. The summed E-state index contributed by atoms with van der Waals surface area (Å²) in [7, 11) is 0. The highest BCUT2D eigenvalue weighted by molar-refractivity contribution is 8.15. The first kappa shape index (κ1) is 16.3. The minimum atomic E-state index is -4.39. The van der Waals surface area contributed by atoms with Gasteiger partial charge in [0.15, 0.2) is 5.17 Å². The van der Waals surface area contributed by atoms with Crippen LogP contribution in [0.3, 0.4) is 0 Å². The van der Waals surface area contributed by atoms with E-state index in [1.807, 2.05) is 0 Å². The molecule has 2 rings (SSSR count). The van der Waals surface area contributed by atoms with E-state index in [4.69, 9.17) is 5.41 Å². The maximum atomic E-state index is 12.4. The molecule has 1 aromatic carbocycles. The largest absolute Gasteiger partial charge is 0.416 e. The molecule has 2 amide bonds. The van der Waals surface area contributed by atoms with Crippen molar-refractivity contribution in [3.8, 4) is 0 Å². The van der Waals surface area contributed by atoms with Crippen molar-refractivity contribution in [1.82, 2.24) is 10.6 Å². The van der Waals surface area contributed by atoms with E-state index in [9.17, 15) is 22.8 Å². The summed E-state index contributed by atoms with van der Waals surface area (Å²) in [6.07, 6.45) is -4.47. The summed E-state index contributed by atoms with van der Waals surface area (Å²) in [5.41, 5.74) is -0.224. The van der Waals surface area contributed by atoms with Crippen LogP contribution in [-0.2, 0) is 22.3 Å². The first-order valence-electron chi connectivity index (χ1n) is 6.24. The van der Waals surface area contributed by atoms with E-state index < -0.39 is 22.9 Å². The van der Waals surface area contributed by atoms with Crippen LogP contribution in [0.1, 0.15) is 17.5 Å². The predicted molar refractivity (Wildman–Crippen MR) is 75.2 cm³/mol. The first-order chi connectivity index (χ1) is 10.3. The molecule has 1 aliphatic heterocycles. The number of benzene rings is 1. The van der Waals surface area contributed by atoms with E-state index in [2.05, 4.69) is 10.6 Å². The highest BCUT2D eigenvalue weighted by atomic mass is 32.2. The lowest BCUT2D eigenvalue weighted by atomic mass is 10.1. The van der Waals surface area contributed by atoms with Gasteiger partial charge in [-0.2, -0.15) is 13.2 Å². The summed E-state index contributed by atoms with van der Waals surface area (Å²) in [5, 5.41) is 11.5. The molecule has 1 heterocycles. The number of nitrogens with one attached hydrogen (secondary N) is 3. The van der Waals surface area contributed by atoms with Crippen molar-refractivity contribution in [1.29, 1.82) is 5.41 Å². The molecule has 1 aliphatic rings. The molecule has 1 saturated heterocycles. The third kappa shape index (κ3) is 4.23. The van der Waals surface area contributed by atoms with Crippen molar-refractivity contribution >= 4 is 28.7 Å². The quantitative estimate of drug-likeness (QED) is 0.788. The van der Waals surface area contributed by atoms with Gasteiger partial charge < -0.3 is 10.6 Å². The topological polar surface area (TPSA) is 82.1 Å². The number of hydrogen-bond acceptors (Lipinski definition) is 4. The Morgan fingerprint density at radius 2 is 1.95 bits per heavy atom. The Morgan fingerprint density at radius 1 is 1.32 bits per heavy atom.